The lowest BCUT2D eigenvalue weighted by molar-refractivity contribution is 0.281. The van der Waals surface area contributed by atoms with E-state index in [0.717, 1.165) is 16.5 Å². The summed E-state index contributed by atoms with van der Waals surface area (Å²) in [6.07, 6.45) is 1.63. The molecular weight excluding hydrogens is 238 g/mol. The van der Waals surface area contributed by atoms with Gasteiger partial charge in [-0.05, 0) is 36.6 Å². The lowest BCUT2D eigenvalue weighted by Crippen LogP contribution is -2.19. The zero-order chi connectivity index (χ0) is 14.3. The van der Waals surface area contributed by atoms with Gasteiger partial charge in [-0.25, -0.2) is 4.98 Å². The Morgan fingerprint density at radius 3 is 2.74 bits per heavy atom. The molecule has 0 radical (unpaired) electrons. The summed E-state index contributed by atoms with van der Waals surface area (Å²) in [5, 5.41) is 22.9. The van der Waals surface area contributed by atoms with Crippen molar-refractivity contribution in [3.63, 3.8) is 0 Å². The Balaban J connectivity index is 0.000000861. The fraction of sp³-hybridized carbons (Fsp3) is 0.333. The number of anilines is 1. The molecule has 4 heteroatoms. The van der Waals surface area contributed by atoms with E-state index in [9.17, 15) is 0 Å². The van der Waals surface area contributed by atoms with Crippen molar-refractivity contribution in [2.24, 2.45) is 0 Å². The number of aliphatic hydroxyl groups excluding tert-OH is 1. The van der Waals surface area contributed by atoms with Crippen molar-refractivity contribution in [2.75, 3.05) is 11.9 Å². The Morgan fingerprint density at radius 1 is 1.37 bits per heavy atom. The molecule has 1 unspecified atom stereocenters. The molecule has 100 valence electrons. The van der Waals surface area contributed by atoms with Crippen LogP contribution in [0.25, 0.3) is 10.8 Å². The number of nitriles is 1. The van der Waals surface area contributed by atoms with Crippen molar-refractivity contribution in [1.29, 1.82) is 5.26 Å². The predicted molar refractivity (Wildman–Crippen MR) is 78.0 cm³/mol. The number of nitrogens with one attached hydrogen (secondary N) is 1. The van der Waals surface area contributed by atoms with Gasteiger partial charge in [-0.2, -0.15) is 5.26 Å². The minimum atomic E-state index is 0.00437. The summed E-state index contributed by atoms with van der Waals surface area (Å²) in [6, 6.07) is 9.64. The van der Waals surface area contributed by atoms with Crippen molar-refractivity contribution in [3.8, 4) is 6.07 Å². The van der Waals surface area contributed by atoms with Crippen molar-refractivity contribution in [3.05, 3.63) is 36.2 Å². The van der Waals surface area contributed by atoms with Crippen LogP contribution in [0.2, 0.25) is 0 Å². The molecule has 0 amide bonds. The Hall–Kier alpha value is -2.12. The number of pyridine rings is 1. The van der Waals surface area contributed by atoms with Crippen LogP contribution < -0.4 is 5.32 Å². The average molecular weight is 257 g/mol. The van der Waals surface area contributed by atoms with E-state index in [-0.39, 0.29) is 12.6 Å². The number of aromatic nitrogens is 1. The van der Waals surface area contributed by atoms with Gasteiger partial charge in [-0.3, -0.25) is 0 Å². The van der Waals surface area contributed by atoms with Gasteiger partial charge in [0.15, 0.2) is 0 Å². The van der Waals surface area contributed by atoms with Crippen LogP contribution >= 0.6 is 0 Å². The lowest BCUT2D eigenvalue weighted by atomic mass is 10.1. The highest BCUT2D eigenvalue weighted by molar-refractivity contribution is 5.89. The number of aliphatic hydroxyl groups is 1. The van der Waals surface area contributed by atoms with Gasteiger partial charge in [0.05, 0.1) is 6.61 Å². The minimum absolute atomic E-state index is 0.00437. The Kier molecular flexibility index (Phi) is 5.77. The Morgan fingerprint density at radius 2 is 2.11 bits per heavy atom. The molecule has 1 heterocycles. The zero-order valence-corrected chi connectivity index (χ0v) is 11.5. The third-order valence-electron chi connectivity index (χ3n) is 2.56. The van der Waals surface area contributed by atoms with Gasteiger partial charge in [0, 0.05) is 23.3 Å². The van der Waals surface area contributed by atoms with Crippen molar-refractivity contribution >= 4 is 16.5 Å². The zero-order valence-electron chi connectivity index (χ0n) is 11.5. The molecule has 4 nitrogen and oxygen atoms in total. The summed E-state index contributed by atoms with van der Waals surface area (Å²) in [6.45, 7) is 5.98. The molecule has 0 saturated carbocycles. The Bertz CT molecular complexity index is 575. The molecule has 0 bridgehead atoms. The molecule has 1 aromatic heterocycles. The quantitative estimate of drug-likeness (QED) is 0.887. The third kappa shape index (κ3) is 3.67. The number of fused-ring (bicyclic) bond motifs is 1. The van der Waals surface area contributed by atoms with Crippen molar-refractivity contribution in [1.82, 2.24) is 4.98 Å². The van der Waals surface area contributed by atoms with Gasteiger partial charge in [-0.1, -0.05) is 13.8 Å². The van der Waals surface area contributed by atoms with Crippen molar-refractivity contribution < 1.29 is 5.11 Å². The summed E-state index contributed by atoms with van der Waals surface area (Å²) in [7, 11) is 0. The Labute approximate surface area is 113 Å². The highest BCUT2D eigenvalue weighted by Gasteiger charge is 2.04. The fourth-order valence-corrected chi connectivity index (χ4v) is 1.69. The SMILES string of the molecule is CC.CC(CO)Nc1ccc2c(C#N)nccc2c1. The maximum absolute atomic E-state index is 8.98. The molecule has 0 aliphatic heterocycles. The van der Waals surface area contributed by atoms with E-state index in [1.54, 1.807) is 6.20 Å². The second-order valence-corrected chi connectivity index (χ2v) is 3.94. The second kappa shape index (κ2) is 7.34. The van der Waals surface area contributed by atoms with Crippen LogP contribution in [-0.2, 0) is 0 Å². The van der Waals surface area contributed by atoms with Crippen LogP contribution in [0.3, 0.4) is 0 Å². The van der Waals surface area contributed by atoms with E-state index in [4.69, 9.17) is 10.4 Å². The topological polar surface area (TPSA) is 68.9 Å². The molecule has 0 saturated heterocycles. The highest BCUT2D eigenvalue weighted by atomic mass is 16.3. The fourth-order valence-electron chi connectivity index (χ4n) is 1.69. The van der Waals surface area contributed by atoms with Crippen LogP contribution in [0.1, 0.15) is 26.5 Å². The second-order valence-electron chi connectivity index (χ2n) is 3.94. The van der Waals surface area contributed by atoms with E-state index >= 15 is 0 Å². The molecule has 0 aliphatic carbocycles. The molecular formula is C15H19N3O. The van der Waals surface area contributed by atoms with Gasteiger partial charge in [-0.15, -0.1) is 0 Å². The molecule has 0 aliphatic rings. The first kappa shape index (κ1) is 14.9. The van der Waals surface area contributed by atoms with Gasteiger partial charge in [0.25, 0.3) is 0 Å². The molecule has 2 N–H and O–H groups in total. The standard InChI is InChI=1S/C13H13N3O.C2H6/c1-9(8-17)16-11-2-3-12-10(6-11)4-5-15-13(12)7-14;1-2/h2-6,9,16-17H,8H2,1H3;1-2H3. The normalized spacial score (nSPS) is 11.1. The monoisotopic (exact) mass is 257 g/mol. The minimum Gasteiger partial charge on any atom is -0.394 e. The van der Waals surface area contributed by atoms with Gasteiger partial charge in [0.1, 0.15) is 11.8 Å². The summed E-state index contributed by atoms with van der Waals surface area (Å²) in [5.74, 6) is 0. The third-order valence-corrected chi connectivity index (χ3v) is 2.56. The van der Waals surface area contributed by atoms with Crippen LogP contribution in [-0.4, -0.2) is 22.7 Å². The van der Waals surface area contributed by atoms with E-state index in [0.29, 0.717) is 5.69 Å². The first-order valence-electron chi connectivity index (χ1n) is 6.41. The first-order valence-corrected chi connectivity index (χ1v) is 6.41. The van der Waals surface area contributed by atoms with E-state index in [1.165, 1.54) is 0 Å². The average Bonchev–Trinajstić information content (AvgIpc) is 2.48. The van der Waals surface area contributed by atoms with Crippen LogP contribution in [0.4, 0.5) is 5.69 Å². The first-order chi connectivity index (χ1) is 9.24. The molecule has 1 aromatic carbocycles. The van der Waals surface area contributed by atoms with E-state index in [1.807, 2.05) is 45.0 Å². The molecule has 1 atom stereocenters. The summed E-state index contributed by atoms with van der Waals surface area (Å²) < 4.78 is 0. The van der Waals surface area contributed by atoms with Gasteiger partial charge in [0.2, 0.25) is 0 Å². The summed E-state index contributed by atoms with van der Waals surface area (Å²) >= 11 is 0. The molecule has 0 fully saturated rings. The predicted octanol–water partition coefficient (Wildman–Crippen LogP) is 2.93. The summed E-state index contributed by atoms with van der Waals surface area (Å²) in [4.78, 5) is 4.01. The number of benzene rings is 1. The van der Waals surface area contributed by atoms with Gasteiger partial charge < -0.3 is 10.4 Å². The summed E-state index contributed by atoms with van der Waals surface area (Å²) in [5.41, 5.74) is 1.36. The molecule has 2 aromatic rings. The maximum Gasteiger partial charge on any atom is 0.148 e. The number of hydrogen-bond donors (Lipinski definition) is 2. The van der Waals surface area contributed by atoms with Crippen LogP contribution in [0.15, 0.2) is 30.5 Å². The van der Waals surface area contributed by atoms with Gasteiger partial charge >= 0.3 is 0 Å². The number of hydrogen-bond acceptors (Lipinski definition) is 4. The van der Waals surface area contributed by atoms with Crippen molar-refractivity contribution in [2.45, 2.75) is 26.8 Å². The molecule has 2 rings (SSSR count). The highest BCUT2D eigenvalue weighted by Crippen LogP contribution is 2.21. The molecule has 0 spiro atoms. The largest absolute Gasteiger partial charge is 0.394 e. The van der Waals surface area contributed by atoms with E-state index < -0.39 is 0 Å². The van der Waals surface area contributed by atoms with Crippen LogP contribution in [0.5, 0.6) is 0 Å². The molecule has 19 heavy (non-hydrogen) atoms. The number of rotatable bonds is 3. The van der Waals surface area contributed by atoms with E-state index in [2.05, 4.69) is 16.4 Å². The lowest BCUT2D eigenvalue weighted by Gasteiger charge is -2.12. The smallest absolute Gasteiger partial charge is 0.148 e. The van der Waals surface area contributed by atoms with Crippen LogP contribution in [0, 0.1) is 11.3 Å². The maximum atomic E-state index is 8.98. The number of nitrogens with zero attached hydrogens (tertiary/aromatic N) is 2.